The predicted octanol–water partition coefficient (Wildman–Crippen LogP) is 10.5. The van der Waals surface area contributed by atoms with E-state index in [1.165, 1.54) is 11.1 Å². The summed E-state index contributed by atoms with van der Waals surface area (Å²) in [5.41, 5.74) is -2.36. The molecule has 0 radical (unpaired) electrons. The van der Waals surface area contributed by atoms with Crippen LogP contribution in [0, 0.1) is 74.4 Å². The van der Waals surface area contributed by atoms with Gasteiger partial charge in [0.1, 0.15) is 24.2 Å². The van der Waals surface area contributed by atoms with Crippen LogP contribution in [-0.2, 0) is 31.1 Å². The van der Waals surface area contributed by atoms with E-state index in [0.717, 1.165) is 142 Å². The van der Waals surface area contributed by atoms with Crippen LogP contribution in [0.4, 0.5) is 0 Å². The summed E-state index contributed by atoms with van der Waals surface area (Å²) in [7, 11) is 5.82. The normalized spacial score (nSPS) is 47.5. The molecule has 12 fully saturated rings. The van der Waals surface area contributed by atoms with Gasteiger partial charge in [0.05, 0.1) is 35.4 Å². The molecule has 0 unspecified atom stereocenters. The van der Waals surface area contributed by atoms with Gasteiger partial charge in [-0.2, -0.15) is 0 Å². The standard InChI is InChI=1S/C70H82N2O11S2/c1-71-53-34-85-84-33-48-43-11-8-40-25-41-15-19-66(68(41,55(40)43)49-12-10-42(75)27-45(48)49)58(76)47(53)28-46-50-30-67(64(16-4-5-17-64)22-23-65(67)21-20-63(35-65)18-14-36(29-63)31-73)62(78)70(80)69(50,79)60(82-59(46)66)57(83-70)61(77)81-56-52(32-74)72-51-13-9-39-24-37-6-2-3-7-38(37)26-44(39)54(51)56/h2-3,6-7,9-10,12-13,24,26-27,31,36,40-41,43,46-48,50,53,55,57-60,62,71-72,74-76,78-80H,4-5,8,11,14-23,25,28-30,32-35H2,1H3/t36-,40-,41-,43+,46+,47+,48+,50+,53-,55+,57-,58+,59-,60+,62+,63+,65-,66-,67+,68+,69-,70+/m1/s1. The molecule has 4 bridgehead atoms. The van der Waals surface area contributed by atoms with Gasteiger partial charge in [-0.25, -0.2) is 4.79 Å². The summed E-state index contributed by atoms with van der Waals surface area (Å²) in [5, 5.41) is 89.2. The topological polar surface area (TPSA) is 211 Å². The number of phenols is 1. The second-order valence-corrected chi connectivity index (χ2v) is 33.0. The number of esters is 1. The van der Waals surface area contributed by atoms with E-state index in [9.17, 15) is 35.4 Å². The summed E-state index contributed by atoms with van der Waals surface area (Å²) in [5.74, 6) is -1.61. The number of carbonyl (C=O) groups excluding carboxylic acids is 2. The number of fused-ring (bicyclic) bond motifs is 12. The van der Waals surface area contributed by atoms with Gasteiger partial charge >= 0.3 is 5.97 Å². The summed E-state index contributed by atoms with van der Waals surface area (Å²) in [6.07, 6.45) is 11.1. The molecular formula is C70H82N2O11S2. The van der Waals surface area contributed by atoms with Gasteiger partial charge in [-0.15, -0.1) is 0 Å². The number of rotatable bonds is 5. The molecule has 10 aliphatic carbocycles. The first-order valence-corrected chi connectivity index (χ1v) is 35.3. The molecule has 19 rings (SSSR count). The van der Waals surface area contributed by atoms with Crippen LogP contribution >= 0.6 is 21.6 Å². The highest BCUT2D eigenvalue weighted by Crippen LogP contribution is 2.86. The molecule has 22 atom stereocenters. The minimum atomic E-state index is -2.70. The largest absolute Gasteiger partial charge is 0.508 e. The van der Waals surface area contributed by atoms with Crippen molar-refractivity contribution in [3.05, 3.63) is 83.6 Å². The molecular weight excluding hydrogens is 1110 g/mol. The third kappa shape index (κ3) is 6.39. The average Bonchev–Trinajstić information content (AvgIpc) is 1.54. The lowest BCUT2D eigenvalue weighted by Gasteiger charge is -2.72. The van der Waals surface area contributed by atoms with Gasteiger partial charge in [-0.1, -0.05) is 70.8 Å². The maximum atomic E-state index is 16.2. The number of aldehydes is 1. The number of ether oxygens (including phenoxy) is 3. The van der Waals surface area contributed by atoms with E-state index < -0.39 is 93.4 Å². The minimum absolute atomic E-state index is 0.00601. The molecule has 0 amide bonds. The van der Waals surface area contributed by atoms with Crippen LogP contribution in [0.15, 0.2) is 66.7 Å². The van der Waals surface area contributed by atoms with Crippen molar-refractivity contribution in [2.45, 2.75) is 188 Å². The van der Waals surface area contributed by atoms with E-state index in [0.29, 0.717) is 42.0 Å². The SMILES string of the molecule is CN[C@@H]1CSSC[C@@H]2c3cc(O)ccc3[C@]34[C@H](CC[C@@]35[C@@H]3O[C@H]6[C@H](C(=O)Oc7c(CO)[nH]c8ccc9cc%10ccccc%10cc9c78)O[C@@]7(O)[C@@H](O)[C@@]8(C[C@@H]([C@@H]3C[C@@H]1[C@@H]5O)[C@@]67O)C1(CCCC1)CC[C@@]81CC[C@]3(CC[C@@H](C=O)C3)C1)C[C@H]1CC[C@@H]2[C@H]14. The summed E-state index contributed by atoms with van der Waals surface area (Å²) in [6.45, 7) is -0.475. The van der Waals surface area contributed by atoms with Gasteiger partial charge in [0.25, 0.3) is 0 Å². The van der Waals surface area contributed by atoms with Crippen molar-refractivity contribution in [1.29, 1.82) is 0 Å². The molecule has 5 heterocycles. The Morgan fingerprint density at radius 1 is 0.824 bits per heavy atom. The highest BCUT2D eigenvalue weighted by atomic mass is 33.1. The molecule has 450 valence electrons. The third-order valence-electron chi connectivity index (χ3n) is 28.4. The molecule has 85 heavy (non-hydrogen) atoms. The summed E-state index contributed by atoms with van der Waals surface area (Å²) in [6, 6.07) is 22.3. The van der Waals surface area contributed by atoms with E-state index in [4.69, 9.17) is 14.2 Å². The van der Waals surface area contributed by atoms with E-state index in [1.54, 1.807) is 0 Å². The van der Waals surface area contributed by atoms with Crippen molar-refractivity contribution in [1.82, 2.24) is 10.3 Å². The quantitative estimate of drug-likeness (QED) is 0.0356. The van der Waals surface area contributed by atoms with E-state index in [2.05, 4.69) is 40.6 Å². The Kier molecular flexibility index (Phi) is 11.6. The van der Waals surface area contributed by atoms with E-state index in [-0.39, 0.29) is 58.2 Å². The number of benzene rings is 4. The molecule has 14 aliphatic rings. The smallest absolute Gasteiger partial charge is 0.343 e. The highest BCUT2D eigenvalue weighted by Gasteiger charge is 2.90. The maximum Gasteiger partial charge on any atom is 0.343 e. The molecule has 4 aromatic carbocycles. The number of phenolic OH excluding ortho intramolecular Hbond substituents is 1. The zero-order valence-electron chi connectivity index (χ0n) is 48.7. The van der Waals surface area contributed by atoms with Crippen molar-refractivity contribution in [2.24, 2.45) is 74.4 Å². The molecule has 1 aromatic heterocycles. The Morgan fingerprint density at radius 2 is 1.62 bits per heavy atom. The fraction of sp³-hybridized carbons (Fsp3) is 0.657. The van der Waals surface area contributed by atoms with E-state index in [1.807, 2.05) is 65.0 Å². The first-order valence-electron chi connectivity index (χ1n) is 32.8. The molecule has 5 aromatic rings. The Balaban J connectivity index is 0.865. The van der Waals surface area contributed by atoms with Crippen LogP contribution in [-0.4, -0.2) is 114 Å². The number of aromatic nitrogens is 1. The number of aliphatic hydroxyl groups is 5. The van der Waals surface area contributed by atoms with Gasteiger partial charge in [0.15, 0.2) is 17.5 Å². The Morgan fingerprint density at radius 3 is 2.42 bits per heavy atom. The van der Waals surface area contributed by atoms with Gasteiger partial charge < -0.3 is 59.9 Å². The van der Waals surface area contributed by atoms with Crippen LogP contribution in [0.1, 0.15) is 145 Å². The highest BCUT2D eigenvalue weighted by molar-refractivity contribution is 8.76. The molecule has 13 nitrogen and oxygen atoms in total. The Labute approximate surface area is 504 Å². The van der Waals surface area contributed by atoms with Gasteiger partial charge in [0, 0.05) is 51.5 Å². The minimum Gasteiger partial charge on any atom is -0.508 e. The lowest BCUT2D eigenvalue weighted by atomic mass is 9.37. The number of aromatic hydroxyl groups is 1. The van der Waals surface area contributed by atoms with Crippen LogP contribution in [0.5, 0.6) is 11.5 Å². The monoisotopic (exact) mass is 1190 g/mol. The molecule has 6 spiro atoms. The second-order valence-electron chi connectivity index (χ2n) is 30.5. The first kappa shape index (κ1) is 54.2. The number of hydrogen-bond acceptors (Lipinski definition) is 14. The van der Waals surface area contributed by atoms with Crippen LogP contribution in [0.2, 0.25) is 0 Å². The first-order chi connectivity index (χ1) is 41.2. The number of hydrogen-bond donors (Lipinski definition) is 8. The van der Waals surface area contributed by atoms with Crippen molar-refractivity contribution < 1.29 is 54.4 Å². The molecule has 9 saturated carbocycles. The number of aliphatic hydroxyl groups excluding tert-OH is 3. The molecule has 4 aliphatic heterocycles. The van der Waals surface area contributed by atoms with Crippen LogP contribution in [0.25, 0.3) is 32.4 Å². The van der Waals surface area contributed by atoms with Crippen molar-refractivity contribution in [2.75, 3.05) is 18.6 Å². The molecule has 15 heteroatoms. The van der Waals surface area contributed by atoms with Crippen molar-refractivity contribution in [3.8, 4) is 11.5 Å². The van der Waals surface area contributed by atoms with Crippen molar-refractivity contribution >= 4 is 66.3 Å². The molecule has 8 N–H and O–H groups in total. The molecule has 3 saturated heterocycles. The maximum absolute atomic E-state index is 16.2. The number of aromatic amines is 1. The number of H-pyrrole nitrogens is 1. The fourth-order valence-corrected chi connectivity index (χ4v) is 28.6. The predicted molar refractivity (Wildman–Crippen MR) is 324 cm³/mol. The van der Waals surface area contributed by atoms with Gasteiger partial charge in [0.2, 0.25) is 5.79 Å². The number of carbonyl (C=O) groups is 2. The number of nitrogens with one attached hydrogen (secondary N) is 2. The van der Waals surface area contributed by atoms with Crippen LogP contribution in [0.3, 0.4) is 0 Å². The van der Waals surface area contributed by atoms with Crippen LogP contribution < -0.4 is 10.1 Å². The van der Waals surface area contributed by atoms with Gasteiger partial charge in [-0.05, 0) is 231 Å². The van der Waals surface area contributed by atoms with Gasteiger partial charge in [-0.3, -0.25) is 0 Å². The van der Waals surface area contributed by atoms with E-state index >= 15 is 4.79 Å². The van der Waals surface area contributed by atoms with Crippen molar-refractivity contribution in [3.63, 3.8) is 0 Å². The summed E-state index contributed by atoms with van der Waals surface area (Å²) in [4.78, 5) is 32.2. The zero-order valence-corrected chi connectivity index (χ0v) is 50.3. The average molecular weight is 1190 g/mol. The zero-order chi connectivity index (χ0) is 57.6. The lowest BCUT2D eigenvalue weighted by molar-refractivity contribution is -0.409. The fourth-order valence-electron chi connectivity index (χ4n) is 25.9. The Hall–Kier alpha value is -3.74. The third-order valence-corrected chi connectivity index (χ3v) is 30.9. The second kappa shape index (κ2) is 18.2. The summed E-state index contributed by atoms with van der Waals surface area (Å²) < 4.78 is 22.1. The lowest BCUT2D eigenvalue weighted by Crippen LogP contribution is -2.82. The summed E-state index contributed by atoms with van der Waals surface area (Å²) >= 11 is 0. The Bertz CT molecular complexity index is 3650.